The Morgan fingerprint density at radius 1 is 1.37 bits per heavy atom. The van der Waals surface area contributed by atoms with Crippen molar-refractivity contribution in [3.63, 3.8) is 0 Å². The average molecular weight is 263 g/mol. The first-order valence-electron chi connectivity index (χ1n) is 6.09. The van der Waals surface area contributed by atoms with Gasteiger partial charge in [0.05, 0.1) is 12.1 Å². The van der Waals surface area contributed by atoms with Gasteiger partial charge >= 0.3 is 0 Å². The summed E-state index contributed by atoms with van der Waals surface area (Å²) in [5.41, 5.74) is -0.0387. The van der Waals surface area contributed by atoms with Gasteiger partial charge in [-0.1, -0.05) is 30.3 Å². The van der Waals surface area contributed by atoms with E-state index >= 15 is 0 Å². The third kappa shape index (κ3) is 3.06. The molecule has 1 aliphatic rings. The molecule has 2 rings (SSSR count). The van der Waals surface area contributed by atoms with Crippen molar-refractivity contribution in [1.82, 2.24) is 5.32 Å². The van der Waals surface area contributed by atoms with Gasteiger partial charge in [0.15, 0.2) is 0 Å². The van der Waals surface area contributed by atoms with Gasteiger partial charge in [-0.3, -0.25) is 4.79 Å². The lowest BCUT2D eigenvalue weighted by Gasteiger charge is -2.30. The van der Waals surface area contributed by atoms with Gasteiger partial charge < -0.3 is 19.9 Å². The molecule has 1 amide bonds. The topological polar surface area (TPSA) is 67.8 Å². The summed E-state index contributed by atoms with van der Waals surface area (Å²) in [6.45, 7) is 2.33. The highest BCUT2D eigenvalue weighted by Crippen LogP contribution is 2.20. The predicted octanol–water partition coefficient (Wildman–Crippen LogP) is 0.898. The fourth-order valence-electron chi connectivity index (χ4n) is 1.81. The largest absolute Gasteiger partial charge is 0.494 e. The first kappa shape index (κ1) is 13.4. The summed E-state index contributed by atoms with van der Waals surface area (Å²) >= 11 is 0. The van der Waals surface area contributed by atoms with Crippen molar-refractivity contribution < 1.29 is 19.4 Å². The zero-order chi connectivity index (χ0) is 13.7. The second kappa shape index (κ2) is 5.75. The molecule has 0 fully saturated rings. The smallest absolute Gasteiger partial charge is 0.290 e. The standard InChI is InChI=1S/C14H17NO4/c1-14(10-16,11-5-3-2-4-6-11)15-13(17)12-9-18-7-8-19-12/h2-6,9,16H,7-8,10H2,1H3,(H,15,17). The van der Waals surface area contributed by atoms with E-state index in [-0.39, 0.29) is 12.4 Å². The van der Waals surface area contributed by atoms with Crippen LogP contribution in [-0.2, 0) is 19.8 Å². The van der Waals surface area contributed by atoms with Gasteiger partial charge in [0.2, 0.25) is 5.76 Å². The van der Waals surface area contributed by atoms with Gasteiger partial charge in [-0.15, -0.1) is 0 Å². The van der Waals surface area contributed by atoms with Gasteiger partial charge in [-0.25, -0.2) is 0 Å². The molecule has 5 nitrogen and oxygen atoms in total. The minimum absolute atomic E-state index is 0.127. The van der Waals surface area contributed by atoms with Crippen molar-refractivity contribution >= 4 is 5.91 Å². The Morgan fingerprint density at radius 3 is 2.68 bits per heavy atom. The van der Waals surface area contributed by atoms with E-state index in [2.05, 4.69) is 5.32 Å². The summed E-state index contributed by atoms with van der Waals surface area (Å²) < 4.78 is 10.3. The van der Waals surface area contributed by atoms with E-state index in [1.54, 1.807) is 6.92 Å². The molecule has 0 radical (unpaired) electrons. The van der Waals surface area contributed by atoms with E-state index in [1.807, 2.05) is 30.3 Å². The zero-order valence-electron chi connectivity index (χ0n) is 10.8. The third-order valence-electron chi connectivity index (χ3n) is 2.99. The minimum atomic E-state index is -0.861. The molecule has 0 saturated carbocycles. The summed E-state index contributed by atoms with van der Waals surface area (Å²) in [6, 6.07) is 9.29. The van der Waals surface area contributed by atoms with Crippen molar-refractivity contribution in [2.75, 3.05) is 19.8 Å². The molecule has 1 aromatic rings. The maximum absolute atomic E-state index is 12.1. The molecule has 19 heavy (non-hydrogen) atoms. The van der Waals surface area contributed by atoms with Crippen molar-refractivity contribution in [3.05, 3.63) is 47.9 Å². The van der Waals surface area contributed by atoms with Crippen LogP contribution in [0.3, 0.4) is 0 Å². The molecular weight excluding hydrogens is 246 g/mol. The second-order valence-corrected chi connectivity index (χ2v) is 4.51. The Balaban J connectivity index is 2.14. The number of rotatable bonds is 4. The molecule has 1 atom stereocenters. The van der Waals surface area contributed by atoms with Crippen LogP contribution >= 0.6 is 0 Å². The Morgan fingerprint density at radius 2 is 2.11 bits per heavy atom. The van der Waals surface area contributed by atoms with Crippen molar-refractivity contribution in [2.24, 2.45) is 0 Å². The molecule has 102 valence electrons. The van der Waals surface area contributed by atoms with E-state index in [4.69, 9.17) is 9.47 Å². The zero-order valence-corrected chi connectivity index (χ0v) is 10.8. The fraction of sp³-hybridized carbons (Fsp3) is 0.357. The van der Waals surface area contributed by atoms with Crippen LogP contribution in [0.2, 0.25) is 0 Å². The Kier molecular flexibility index (Phi) is 4.06. The molecule has 0 spiro atoms. The molecule has 1 heterocycles. The second-order valence-electron chi connectivity index (χ2n) is 4.51. The van der Waals surface area contributed by atoms with Crippen LogP contribution in [0, 0.1) is 0 Å². The van der Waals surface area contributed by atoms with Crippen LogP contribution in [-0.4, -0.2) is 30.8 Å². The Hall–Kier alpha value is -2.01. The number of aliphatic hydroxyl groups is 1. The molecule has 5 heteroatoms. The lowest BCUT2D eigenvalue weighted by molar-refractivity contribution is -0.124. The maximum Gasteiger partial charge on any atom is 0.290 e. The summed E-state index contributed by atoms with van der Waals surface area (Å²) in [6.07, 6.45) is 1.29. The number of nitrogens with one attached hydrogen (secondary N) is 1. The number of benzene rings is 1. The summed E-state index contributed by atoms with van der Waals surface area (Å²) in [7, 11) is 0. The summed E-state index contributed by atoms with van der Waals surface area (Å²) in [5.74, 6) is -0.276. The minimum Gasteiger partial charge on any atom is -0.494 e. The Bertz CT molecular complexity index is 472. The summed E-state index contributed by atoms with van der Waals surface area (Å²) in [5, 5.41) is 12.3. The van der Waals surface area contributed by atoms with Crippen molar-refractivity contribution in [2.45, 2.75) is 12.5 Å². The van der Waals surface area contributed by atoms with Crippen LogP contribution in [0.5, 0.6) is 0 Å². The number of carbonyl (C=O) groups excluding carboxylic acids is 1. The van der Waals surface area contributed by atoms with Gasteiger partial charge in [0, 0.05) is 0 Å². The van der Waals surface area contributed by atoms with E-state index < -0.39 is 11.4 Å². The predicted molar refractivity (Wildman–Crippen MR) is 69.0 cm³/mol. The van der Waals surface area contributed by atoms with Crippen LogP contribution in [0.4, 0.5) is 0 Å². The molecule has 2 N–H and O–H groups in total. The molecule has 0 aliphatic carbocycles. The lowest BCUT2D eigenvalue weighted by atomic mass is 9.93. The number of amides is 1. The maximum atomic E-state index is 12.1. The van der Waals surface area contributed by atoms with E-state index in [0.717, 1.165) is 5.56 Å². The number of ether oxygens (including phenoxy) is 2. The van der Waals surface area contributed by atoms with Crippen molar-refractivity contribution in [3.8, 4) is 0 Å². The first-order chi connectivity index (χ1) is 9.15. The van der Waals surface area contributed by atoms with Crippen LogP contribution < -0.4 is 5.32 Å². The highest BCUT2D eigenvalue weighted by molar-refractivity contribution is 5.91. The highest BCUT2D eigenvalue weighted by atomic mass is 16.6. The average Bonchev–Trinajstić information content (AvgIpc) is 2.49. The number of hydrogen-bond donors (Lipinski definition) is 2. The van der Waals surface area contributed by atoms with E-state index in [9.17, 15) is 9.90 Å². The first-order valence-corrected chi connectivity index (χ1v) is 6.09. The number of carbonyl (C=O) groups is 1. The van der Waals surface area contributed by atoms with Gasteiger partial charge in [0.25, 0.3) is 5.91 Å². The molecule has 1 aliphatic heterocycles. The monoisotopic (exact) mass is 263 g/mol. The number of aliphatic hydroxyl groups excluding tert-OH is 1. The van der Waals surface area contributed by atoms with Gasteiger partial charge in [-0.2, -0.15) is 0 Å². The van der Waals surface area contributed by atoms with Crippen LogP contribution in [0.25, 0.3) is 0 Å². The molecule has 0 aromatic heterocycles. The van der Waals surface area contributed by atoms with Crippen molar-refractivity contribution in [1.29, 1.82) is 0 Å². The van der Waals surface area contributed by atoms with E-state index in [0.29, 0.717) is 13.2 Å². The Labute approximate surface area is 111 Å². The van der Waals surface area contributed by atoms with Crippen LogP contribution in [0.1, 0.15) is 12.5 Å². The molecule has 1 aromatic carbocycles. The van der Waals surface area contributed by atoms with Gasteiger partial charge in [0.1, 0.15) is 19.5 Å². The molecular formula is C14H17NO4. The fourth-order valence-corrected chi connectivity index (χ4v) is 1.81. The quantitative estimate of drug-likeness (QED) is 0.847. The SMILES string of the molecule is CC(CO)(NC(=O)C1=COCCO1)c1ccccc1. The molecule has 0 bridgehead atoms. The molecule has 0 saturated heterocycles. The third-order valence-corrected chi connectivity index (χ3v) is 2.99. The number of hydrogen-bond acceptors (Lipinski definition) is 4. The van der Waals surface area contributed by atoms with Crippen LogP contribution in [0.15, 0.2) is 42.4 Å². The van der Waals surface area contributed by atoms with E-state index in [1.165, 1.54) is 6.26 Å². The normalized spacial score (nSPS) is 17.5. The highest BCUT2D eigenvalue weighted by Gasteiger charge is 2.30. The summed E-state index contributed by atoms with van der Waals surface area (Å²) in [4.78, 5) is 12.1. The van der Waals surface area contributed by atoms with Gasteiger partial charge in [-0.05, 0) is 12.5 Å². The molecule has 1 unspecified atom stereocenters. The lowest BCUT2D eigenvalue weighted by Crippen LogP contribution is -2.47.